The van der Waals surface area contributed by atoms with Crippen LogP contribution in [0.4, 0.5) is 5.82 Å². The average molecular weight is 275 g/mol. The summed E-state index contributed by atoms with van der Waals surface area (Å²) in [5.74, 6) is 1.42. The van der Waals surface area contributed by atoms with Crippen LogP contribution in [0.25, 0.3) is 0 Å². The first-order valence-corrected chi connectivity index (χ1v) is 6.85. The standard InChI is InChI=1S/C14H17N3OS/c1-9(2)10-4-6-11(7-5-10)19-14-12(18-3)13(15)16-8-17-14/h4-9H,1-3H3,(H2,15,16,17). The Hall–Kier alpha value is -1.75. The molecule has 1 aromatic heterocycles. The number of hydrogen-bond donors (Lipinski definition) is 1. The maximum atomic E-state index is 5.76. The Labute approximate surface area is 117 Å². The normalized spacial score (nSPS) is 10.7. The molecule has 0 radical (unpaired) electrons. The highest BCUT2D eigenvalue weighted by atomic mass is 32.2. The molecule has 1 heterocycles. The van der Waals surface area contributed by atoms with Crippen molar-refractivity contribution in [2.75, 3.05) is 12.8 Å². The lowest BCUT2D eigenvalue weighted by atomic mass is 10.0. The van der Waals surface area contributed by atoms with Gasteiger partial charge in [-0.2, -0.15) is 0 Å². The summed E-state index contributed by atoms with van der Waals surface area (Å²) in [6.45, 7) is 4.35. The molecule has 0 aliphatic heterocycles. The third-order valence-corrected chi connectivity index (χ3v) is 3.76. The second-order valence-electron chi connectivity index (χ2n) is 4.42. The van der Waals surface area contributed by atoms with E-state index in [0.717, 1.165) is 9.92 Å². The maximum Gasteiger partial charge on any atom is 0.193 e. The smallest absolute Gasteiger partial charge is 0.193 e. The average Bonchev–Trinajstić information content (AvgIpc) is 2.39. The molecule has 0 bridgehead atoms. The summed E-state index contributed by atoms with van der Waals surface area (Å²) in [7, 11) is 1.57. The molecule has 0 atom stereocenters. The Morgan fingerprint density at radius 2 is 1.84 bits per heavy atom. The molecular formula is C14H17N3OS. The van der Waals surface area contributed by atoms with Crippen LogP contribution in [-0.2, 0) is 0 Å². The van der Waals surface area contributed by atoms with E-state index in [1.54, 1.807) is 7.11 Å². The van der Waals surface area contributed by atoms with Gasteiger partial charge in [0.25, 0.3) is 0 Å². The predicted octanol–water partition coefficient (Wildman–Crippen LogP) is 3.34. The number of nitrogen functional groups attached to an aromatic ring is 1. The van der Waals surface area contributed by atoms with Crippen LogP contribution in [0.15, 0.2) is 40.5 Å². The predicted molar refractivity (Wildman–Crippen MR) is 77.7 cm³/mol. The summed E-state index contributed by atoms with van der Waals surface area (Å²) in [6.07, 6.45) is 1.45. The van der Waals surface area contributed by atoms with Gasteiger partial charge in [0.05, 0.1) is 7.11 Å². The lowest BCUT2D eigenvalue weighted by Gasteiger charge is -2.09. The molecule has 2 rings (SSSR count). The minimum Gasteiger partial charge on any atom is -0.490 e. The van der Waals surface area contributed by atoms with Crippen LogP contribution in [0.2, 0.25) is 0 Å². The van der Waals surface area contributed by atoms with Gasteiger partial charge in [-0.15, -0.1) is 0 Å². The summed E-state index contributed by atoms with van der Waals surface area (Å²) in [6, 6.07) is 8.42. The van der Waals surface area contributed by atoms with Crippen molar-refractivity contribution in [3.63, 3.8) is 0 Å². The van der Waals surface area contributed by atoms with Crippen molar-refractivity contribution in [1.82, 2.24) is 9.97 Å². The summed E-state index contributed by atoms with van der Waals surface area (Å²) in [5.41, 5.74) is 7.08. The Morgan fingerprint density at radius 3 is 2.42 bits per heavy atom. The van der Waals surface area contributed by atoms with Crippen LogP contribution >= 0.6 is 11.8 Å². The van der Waals surface area contributed by atoms with Gasteiger partial charge in [0.2, 0.25) is 0 Å². The topological polar surface area (TPSA) is 61.0 Å². The highest BCUT2D eigenvalue weighted by Crippen LogP contribution is 2.35. The summed E-state index contributed by atoms with van der Waals surface area (Å²) >= 11 is 1.52. The van der Waals surface area contributed by atoms with E-state index in [0.29, 0.717) is 17.5 Å². The van der Waals surface area contributed by atoms with Crippen molar-refractivity contribution in [1.29, 1.82) is 0 Å². The zero-order valence-corrected chi connectivity index (χ0v) is 12.1. The highest BCUT2D eigenvalue weighted by Gasteiger charge is 2.11. The fourth-order valence-corrected chi connectivity index (χ4v) is 2.54. The first kappa shape index (κ1) is 13.7. The van der Waals surface area contributed by atoms with Crippen LogP contribution in [0.3, 0.4) is 0 Å². The lowest BCUT2D eigenvalue weighted by Crippen LogP contribution is -1.98. The Kier molecular flexibility index (Phi) is 4.27. The van der Waals surface area contributed by atoms with Gasteiger partial charge in [0.1, 0.15) is 11.4 Å². The number of methoxy groups -OCH3 is 1. The summed E-state index contributed by atoms with van der Waals surface area (Å²) in [5, 5.41) is 0.729. The minimum atomic E-state index is 0.360. The number of anilines is 1. The molecule has 19 heavy (non-hydrogen) atoms. The fourth-order valence-electron chi connectivity index (χ4n) is 1.67. The van der Waals surface area contributed by atoms with Crippen LogP contribution in [0.5, 0.6) is 5.75 Å². The molecule has 0 fully saturated rings. The molecule has 5 heteroatoms. The molecule has 0 saturated heterocycles. The first-order valence-electron chi connectivity index (χ1n) is 6.04. The van der Waals surface area contributed by atoms with Gasteiger partial charge < -0.3 is 10.5 Å². The van der Waals surface area contributed by atoms with Crippen LogP contribution in [-0.4, -0.2) is 17.1 Å². The molecule has 4 nitrogen and oxygen atoms in total. The molecule has 0 amide bonds. The molecule has 2 N–H and O–H groups in total. The first-order chi connectivity index (χ1) is 9.11. The van der Waals surface area contributed by atoms with Crippen LogP contribution in [0, 0.1) is 0 Å². The second-order valence-corrected chi connectivity index (χ2v) is 5.49. The molecular weight excluding hydrogens is 258 g/mol. The van der Waals surface area contributed by atoms with Gasteiger partial charge in [-0.25, -0.2) is 9.97 Å². The van der Waals surface area contributed by atoms with Gasteiger partial charge in [-0.1, -0.05) is 37.7 Å². The molecule has 1 aromatic carbocycles. The van der Waals surface area contributed by atoms with Crippen molar-refractivity contribution in [3.05, 3.63) is 36.2 Å². The van der Waals surface area contributed by atoms with Crippen molar-refractivity contribution in [2.24, 2.45) is 0 Å². The number of nitrogens with zero attached hydrogens (tertiary/aromatic N) is 2. The van der Waals surface area contributed by atoms with Gasteiger partial charge in [-0.3, -0.25) is 0 Å². The van der Waals surface area contributed by atoms with E-state index in [-0.39, 0.29) is 0 Å². The Balaban J connectivity index is 2.24. The number of benzene rings is 1. The molecule has 0 spiro atoms. The molecule has 100 valence electrons. The number of ether oxygens (including phenoxy) is 1. The van der Waals surface area contributed by atoms with Crippen molar-refractivity contribution < 1.29 is 4.74 Å². The zero-order valence-electron chi connectivity index (χ0n) is 11.3. The van der Waals surface area contributed by atoms with E-state index in [1.807, 2.05) is 0 Å². The van der Waals surface area contributed by atoms with Crippen molar-refractivity contribution in [3.8, 4) is 5.75 Å². The third kappa shape index (κ3) is 3.17. The van der Waals surface area contributed by atoms with Gasteiger partial charge >= 0.3 is 0 Å². The lowest BCUT2D eigenvalue weighted by molar-refractivity contribution is 0.401. The quantitative estimate of drug-likeness (QED) is 0.867. The molecule has 0 aliphatic rings. The van der Waals surface area contributed by atoms with E-state index in [9.17, 15) is 0 Å². The van der Waals surface area contributed by atoms with E-state index < -0.39 is 0 Å². The van der Waals surface area contributed by atoms with E-state index >= 15 is 0 Å². The van der Waals surface area contributed by atoms with E-state index in [1.165, 1.54) is 23.7 Å². The number of hydrogen-bond acceptors (Lipinski definition) is 5. The number of aromatic nitrogens is 2. The largest absolute Gasteiger partial charge is 0.490 e. The van der Waals surface area contributed by atoms with E-state index in [2.05, 4.69) is 48.1 Å². The van der Waals surface area contributed by atoms with E-state index in [4.69, 9.17) is 10.5 Å². The number of rotatable bonds is 4. The molecule has 0 saturated carbocycles. The molecule has 0 aliphatic carbocycles. The molecule has 2 aromatic rings. The Morgan fingerprint density at radius 1 is 1.16 bits per heavy atom. The minimum absolute atomic E-state index is 0.360. The Bertz CT molecular complexity index is 555. The van der Waals surface area contributed by atoms with Crippen LogP contribution in [0.1, 0.15) is 25.3 Å². The van der Waals surface area contributed by atoms with Crippen molar-refractivity contribution >= 4 is 17.6 Å². The maximum absolute atomic E-state index is 5.76. The second kappa shape index (κ2) is 5.93. The number of nitrogens with two attached hydrogens (primary N) is 1. The fraction of sp³-hybridized carbons (Fsp3) is 0.286. The SMILES string of the molecule is COc1c(N)ncnc1Sc1ccc(C(C)C)cc1. The summed E-state index contributed by atoms with van der Waals surface area (Å²) < 4.78 is 5.24. The molecule has 0 unspecified atom stereocenters. The van der Waals surface area contributed by atoms with Gasteiger partial charge in [0.15, 0.2) is 11.6 Å². The van der Waals surface area contributed by atoms with Gasteiger partial charge in [0, 0.05) is 4.90 Å². The van der Waals surface area contributed by atoms with Crippen LogP contribution < -0.4 is 10.5 Å². The van der Waals surface area contributed by atoms with Gasteiger partial charge in [-0.05, 0) is 23.6 Å². The zero-order chi connectivity index (χ0) is 13.8. The van der Waals surface area contributed by atoms with Crippen molar-refractivity contribution in [2.45, 2.75) is 29.7 Å². The third-order valence-electron chi connectivity index (χ3n) is 2.76. The monoisotopic (exact) mass is 275 g/mol. The highest BCUT2D eigenvalue weighted by molar-refractivity contribution is 7.99. The summed E-state index contributed by atoms with van der Waals surface area (Å²) in [4.78, 5) is 9.23.